The van der Waals surface area contributed by atoms with Crippen molar-refractivity contribution < 1.29 is 14.7 Å². The quantitative estimate of drug-likeness (QED) is 0.661. The number of hydrogen-bond donors (Lipinski definition) is 2. The number of carbonyl (C=O) groups excluding carboxylic acids is 1. The molecule has 2 N–H and O–H groups in total. The number of fused-ring (bicyclic) bond motifs is 1. The molecule has 1 amide bonds. The van der Waals surface area contributed by atoms with Gasteiger partial charge < -0.3 is 4.74 Å². The number of carbonyl (C=O) groups is 1. The first-order chi connectivity index (χ1) is 9.13. The van der Waals surface area contributed by atoms with E-state index < -0.39 is 6.09 Å². The molecule has 0 bridgehead atoms. The molecule has 0 fully saturated rings. The molecular weight excluding hydrogens is 272 g/mol. The molecule has 0 aliphatic rings. The second-order valence-electron chi connectivity index (χ2n) is 3.51. The Bertz CT molecular complexity index is 608. The van der Waals surface area contributed by atoms with Crippen molar-refractivity contribution in [3.05, 3.63) is 29.5 Å². The molecule has 0 aliphatic carbocycles. The number of rotatable bonds is 3. The van der Waals surface area contributed by atoms with Crippen LogP contribution in [0, 0.1) is 0 Å². The Morgan fingerprint density at radius 3 is 3.05 bits per heavy atom. The summed E-state index contributed by atoms with van der Waals surface area (Å²) < 4.78 is 4.96. The fourth-order valence-electron chi connectivity index (χ4n) is 1.45. The van der Waals surface area contributed by atoms with Crippen molar-refractivity contribution in [3.8, 4) is 5.88 Å². The Morgan fingerprint density at radius 1 is 1.53 bits per heavy atom. The molecule has 0 unspecified atom stereocenters. The van der Waals surface area contributed by atoms with Crippen LogP contribution in [0.4, 0.5) is 4.79 Å². The number of benzene rings is 1. The first kappa shape index (κ1) is 13.5. The number of para-hydroxylation sites is 1. The van der Waals surface area contributed by atoms with E-state index in [1.165, 1.54) is 6.33 Å². The van der Waals surface area contributed by atoms with Crippen LogP contribution in [0.25, 0.3) is 10.9 Å². The van der Waals surface area contributed by atoms with E-state index >= 15 is 0 Å². The van der Waals surface area contributed by atoms with Gasteiger partial charge >= 0.3 is 6.09 Å². The molecule has 0 atom stereocenters. The third kappa shape index (κ3) is 2.90. The number of amides is 1. The van der Waals surface area contributed by atoms with Crippen LogP contribution in [0.5, 0.6) is 5.88 Å². The van der Waals surface area contributed by atoms with Gasteiger partial charge in [0.1, 0.15) is 6.33 Å². The first-order valence-corrected chi connectivity index (χ1v) is 5.84. The van der Waals surface area contributed by atoms with Crippen LogP contribution in [-0.2, 0) is 0 Å². The zero-order valence-corrected chi connectivity index (χ0v) is 10.8. The van der Waals surface area contributed by atoms with E-state index in [1.807, 2.05) is 0 Å². The number of nitrogens with one attached hydrogen (secondary N) is 1. The lowest BCUT2D eigenvalue weighted by atomic mass is 10.2. The van der Waals surface area contributed by atoms with Gasteiger partial charge in [0, 0.05) is 6.54 Å². The van der Waals surface area contributed by atoms with Crippen LogP contribution < -0.4 is 10.2 Å². The summed E-state index contributed by atoms with van der Waals surface area (Å²) in [5.74, 6) is 0.0226. The minimum absolute atomic E-state index is 0.0226. The summed E-state index contributed by atoms with van der Waals surface area (Å²) in [6.07, 6.45) is 0.230. The summed E-state index contributed by atoms with van der Waals surface area (Å²) in [4.78, 5) is 19.4. The van der Waals surface area contributed by atoms with Crippen LogP contribution in [0.15, 0.2) is 24.5 Å². The highest BCUT2D eigenvalue weighted by atomic mass is 35.5. The van der Waals surface area contributed by atoms with Crippen molar-refractivity contribution in [1.82, 2.24) is 20.6 Å². The Kier molecular flexibility index (Phi) is 4.10. The fraction of sp³-hybridized carbons (Fsp3) is 0.182. The highest BCUT2D eigenvalue weighted by Gasteiger charge is 2.16. The summed E-state index contributed by atoms with van der Waals surface area (Å²) in [5, 5.41) is 10.4. The molecule has 2 rings (SSSR count). The van der Waals surface area contributed by atoms with Gasteiger partial charge in [0.2, 0.25) is 5.88 Å². The molecule has 100 valence electrons. The van der Waals surface area contributed by atoms with Crippen LogP contribution in [0.2, 0.25) is 5.02 Å². The minimum Gasteiger partial charge on any atom is -0.388 e. The lowest BCUT2D eigenvalue weighted by molar-refractivity contribution is -0.101. The number of ether oxygens (including phenoxy) is 1. The summed E-state index contributed by atoms with van der Waals surface area (Å²) in [7, 11) is 0. The molecule has 0 spiro atoms. The van der Waals surface area contributed by atoms with Crippen molar-refractivity contribution in [3.63, 3.8) is 0 Å². The molecule has 8 heteroatoms. The molecule has 0 radical (unpaired) electrons. The molecule has 2 aromatic rings. The van der Waals surface area contributed by atoms with Crippen molar-refractivity contribution in [1.29, 1.82) is 0 Å². The van der Waals surface area contributed by atoms with Crippen molar-refractivity contribution >= 4 is 28.6 Å². The Hall–Kier alpha value is -1.96. The van der Waals surface area contributed by atoms with E-state index in [-0.39, 0.29) is 11.1 Å². The smallest absolute Gasteiger partial charge is 0.388 e. The van der Waals surface area contributed by atoms with Crippen molar-refractivity contribution in [2.75, 3.05) is 6.54 Å². The van der Waals surface area contributed by atoms with E-state index in [0.29, 0.717) is 22.5 Å². The first-order valence-electron chi connectivity index (χ1n) is 5.47. The third-order valence-electron chi connectivity index (χ3n) is 2.24. The average molecular weight is 283 g/mol. The Morgan fingerprint density at radius 2 is 2.32 bits per heavy atom. The average Bonchev–Trinajstić information content (AvgIpc) is 2.40. The fourth-order valence-corrected chi connectivity index (χ4v) is 1.67. The van der Waals surface area contributed by atoms with Crippen LogP contribution in [0.3, 0.4) is 0 Å². The predicted octanol–water partition coefficient (Wildman–Crippen LogP) is 2.00. The summed E-state index contributed by atoms with van der Waals surface area (Å²) >= 11 is 5.97. The maximum Gasteiger partial charge on any atom is 0.456 e. The number of nitrogens with zero attached hydrogens (tertiary/aromatic N) is 3. The second kappa shape index (κ2) is 5.79. The molecule has 0 aliphatic heterocycles. The minimum atomic E-state index is -0.998. The molecule has 1 aromatic heterocycles. The van der Waals surface area contributed by atoms with Gasteiger partial charge in [-0.3, -0.25) is 5.21 Å². The van der Waals surface area contributed by atoms with E-state index in [2.05, 4.69) is 15.4 Å². The van der Waals surface area contributed by atoms with Gasteiger partial charge in [0.15, 0.2) is 0 Å². The molecule has 0 saturated heterocycles. The van der Waals surface area contributed by atoms with Gasteiger partial charge in [-0.05, 0) is 12.1 Å². The highest BCUT2D eigenvalue weighted by Crippen LogP contribution is 2.26. The van der Waals surface area contributed by atoms with Gasteiger partial charge in [0.25, 0.3) is 0 Å². The highest BCUT2D eigenvalue weighted by molar-refractivity contribution is 6.35. The largest absolute Gasteiger partial charge is 0.456 e. The van der Waals surface area contributed by atoms with Crippen LogP contribution in [-0.4, -0.2) is 33.0 Å². The lowest BCUT2D eigenvalue weighted by Gasteiger charge is -2.14. The van der Waals surface area contributed by atoms with Crippen molar-refractivity contribution in [2.45, 2.75) is 6.92 Å². The number of halogens is 1. The molecule has 0 saturated carbocycles. The third-order valence-corrected chi connectivity index (χ3v) is 2.55. The lowest BCUT2D eigenvalue weighted by Crippen LogP contribution is -2.41. The van der Waals surface area contributed by atoms with E-state index in [1.54, 1.807) is 25.1 Å². The van der Waals surface area contributed by atoms with Crippen LogP contribution >= 0.6 is 11.6 Å². The Labute approximate surface area is 113 Å². The number of hydrogen-bond acceptors (Lipinski definition) is 6. The topological polar surface area (TPSA) is 87.6 Å². The number of hydroxylamine groups is 1. The zero-order valence-electron chi connectivity index (χ0n) is 10.00. The van der Waals surface area contributed by atoms with Gasteiger partial charge in [-0.2, -0.15) is 0 Å². The zero-order chi connectivity index (χ0) is 13.8. The summed E-state index contributed by atoms with van der Waals surface area (Å²) in [6.45, 7) is 2.08. The normalized spacial score (nSPS) is 10.5. The SMILES string of the molecule is CCNN(O)C(=O)Oc1ncnc2c(Cl)cccc12. The monoisotopic (exact) mass is 282 g/mol. The van der Waals surface area contributed by atoms with Crippen molar-refractivity contribution in [2.24, 2.45) is 0 Å². The van der Waals surface area contributed by atoms with E-state index in [9.17, 15) is 10.0 Å². The van der Waals surface area contributed by atoms with Gasteiger partial charge in [0.05, 0.1) is 15.9 Å². The molecule has 7 nitrogen and oxygen atoms in total. The summed E-state index contributed by atoms with van der Waals surface area (Å²) in [6, 6.07) is 5.02. The number of hydrazine groups is 1. The van der Waals surface area contributed by atoms with Crippen LogP contribution in [0.1, 0.15) is 6.92 Å². The maximum atomic E-state index is 11.5. The number of aromatic nitrogens is 2. The second-order valence-corrected chi connectivity index (χ2v) is 3.91. The molecular formula is C11H11ClN4O3. The Balaban J connectivity index is 2.31. The summed E-state index contributed by atoms with van der Waals surface area (Å²) in [5.41, 5.74) is 2.84. The molecule has 19 heavy (non-hydrogen) atoms. The molecule has 1 heterocycles. The van der Waals surface area contributed by atoms with Gasteiger partial charge in [-0.1, -0.05) is 24.6 Å². The predicted molar refractivity (Wildman–Crippen MR) is 67.9 cm³/mol. The maximum absolute atomic E-state index is 11.5. The molecule has 1 aromatic carbocycles. The van der Waals surface area contributed by atoms with Gasteiger partial charge in [-0.25, -0.2) is 20.2 Å². The van der Waals surface area contributed by atoms with E-state index in [0.717, 1.165) is 0 Å². The van der Waals surface area contributed by atoms with E-state index in [4.69, 9.17) is 16.3 Å². The standard InChI is InChI=1S/C11H11ClN4O3/c1-2-15-16(18)11(17)19-10-7-4-3-5-8(12)9(7)13-6-14-10/h3-6,15,18H,2H2,1H3. The van der Waals surface area contributed by atoms with Gasteiger partial charge in [-0.15, -0.1) is 5.17 Å².